The van der Waals surface area contributed by atoms with E-state index in [-0.39, 0.29) is 11.4 Å². The highest BCUT2D eigenvalue weighted by atomic mass is 16.5. The lowest BCUT2D eigenvalue weighted by Gasteiger charge is -2.24. The van der Waals surface area contributed by atoms with Crippen LogP contribution in [0.3, 0.4) is 0 Å². The second-order valence-electron chi connectivity index (χ2n) is 5.54. The Labute approximate surface area is 109 Å². The number of aromatic nitrogens is 1. The zero-order chi connectivity index (χ0) is 13.8. The van der Waals surface area contributed by atoms with E-state index in [4.69, 9.17) is 4.52 Å². The molecule has 18 heavy (non-hydrogen) atoms. The van der Waals surface area contributed by atoms with Crippen LogP contribution in [-0.2, 0) is 11.3 Å². The number of carbonyl (C=O) groups excluding carboxylic acids is 1. The minimum absolute atomic E-state index is 0.0283. The summed E-state index contributed by atoms with van der Waals surface area (Å²) in [6, 6.07) is 1.89. The summed E-state index contributed by atoms with van der Waals surface area (Å²) >= 11 is 0. The number of amides is 1. The van der Waals surface area contributed by atoms with E-state index in [2.05, 4.69) is 10.5 Å². The van der Waals surface area contributed by atoms with E-state index in [1.54, 1.807) is 0 Å². The predicted molar refractivity (Wildman–Crippen MR) is 70.1 cm³/mol. The van der Waals surface area contributed by atoms with E-state index < -0.39 is 0 Å². The number of aryl methyl sites for hydroxylation is 1. The molecular weight excluding hydrogens is 230 g/mol. The van der Waals surface area contributed by atoms with Gasteiger partial charge in [0.1, 0.15) is 0 Å². The fourth-order valence-corrected chi connectivity index (χ4v) is 1.65. The van der Waals surface area contributed by atoms with Crippen molar-refractivity contribution < 1.29 is 9.32 Å². The third-order valence-corrected chi connectivity index (χ3v) is 2.39. The lowest BCUT2D eigenvalue weighted by molar-refractivity contribution is -0.123. The van der Waals surface area contributed by atoms with Gasteiger partial charge in [0.15, 0.2) is 5.76 Å². The molecule has 0 aromatic carbocycles. The van der Waals surface area contributed by atoms with Crippen molar-refractivity contribution >= 4 is 5.91 Å². The van der Waals surface area contributed by atoms with Gasteiger partial charge in [-0.05, 0) is 34.2 Å². The van der Waals surface area contributed by atoms with Crippen LogP contribution in [-0.4, -0.2) is 34.6 Å². The SMILES string of the molecule is CCN(CC(=O)NC(C)(C)C)Cc1cc(C)no1. The summed E-state index contributed by atoms with van der Waals surface area (Å²) in [6.45, 7) is 11.6. The lowest BCUT2D eigenvalue weighted by atomic mass is 10.1. The molecule has 102 valence electrons. The van der Waals surface area contributed by atoms with E-state index in [1.165, 1.54) is 0 Å². The predicted octanol–water partition coefficient (Wildman–Crippen LogP) is 1.72. The van der Waals surface area contributed by atoms with Gasteiger partial charge in [0.2, 0.25) is 5.91 Å². The first-order valence-corrected chi connectivity index (χ1v) is 6.25. The van der Waals surface area contributed by atoms with Gasteiger partial charge < -0.3 is 9.84 Å². The average Bonchev–Trinajstić information content (AvgIpc) is 2.60. The zero-order valence-electron chi connectivity index (χ0n) is 11.9. The fourth-order valence-electron chi connectivity index (χ4n) is 1.65. The van der Waals surface area contributed by atoms with E-state index >= 15 is 0 Å². The standard InChI is InChI=1S/C13H23N3O2/c1-6-16(8-11-7-10(2)15-18-11)9-12(17)14-13(3,4)5/h7H,6,8-9H2,1-5H3,(H,14,17). The molecule has 5 nitrogen and oxygen atoms in total. The van der Waals surface area contributed by atoms with Crippen molar-refractivity contribution in [1.82, 2.24) is 15.4 Å². The molecular formula is C13H23N3O2. The van der Waals surface area contributed by atoms with Crippen molar-refractivity contribution in [3.05, 3.63) is 17.5 Å². The van der Waals surface area contributed by atoms with Crippen LogP contribution in [0.2, 0.25) is 0 Å². The van der Waals surface area contributed by atoms with Crippen LogP contribution in [0, 0.1) is 6.92 Å². The van der Waals surface area contributed by atoms with Gasteiger partial charge in [-0.3, -0.25) is 9.69 Å². The maximum atomic E-state index is 11.8. The molecule has 0 radical (unpaired) electrons. The Morgan fingerprint density at radius 1 is 1.50 bits per heavy atom. The van der Waals surface area contributed by atoms with Crippen LogP contribution in [0.4, 0.5) is 0 Å². The third-order valence-electron chi connectivity index (χ3n) is 2.39. The molecule has 0 fully saturated rings. The maximum Gasteiger partial charge on any atom is 0.234 e. The molecule has 0 saturated carbocycles. The fraction of sp³-hybridized carbons (Fsp3) is 0.692. The first-order chi connectivity index (χ1) is 8.30. The number of hydrogen-bond acceptors (Lipinski definition) is 4. The molecule has 0 saturated heterocycles. The summed E-state index contributed by atoms with van der Waals surface area (Å²) in [5, 5.41) is 6.79. The normalized spacial score (nSPS) is 11.9. The Bertz CT molecular complexity index is 393. The number of hydrogen-bond donors (Lipinski definition) is 1. The Morgan fingerprint density at radius 3 is 2.61 bits per heavy atom. The highest BCUT2D eigenvalue weighted by Crippen LogP contribution is 2.06. The highest BCUT2D eigenvalue weighted by molar-refractivity contribution is 5.78. The minimum atomic E-state index is -0.195. The Kier molecular flexibility index (Phi) is 4.90. The Hall–Kier alpha value is -1.36. The third kappa shape index (κ3) is 5.31. The van der Waals surface area contributed by atoms with Crippen molar-refractivity contribution in [3.8, 4) is 0 Å². The molecule has 1 heterocycles. The van der Waals surface area contributed by atoms with Crippen LogP contribution in [0.1, 0.15) is 39.1 Å². The first-order valence-electron chi connectivity index (χ1n) is 6.25. The number of likely N-dealkylation sites (N-methyl/N-ethyl adjacent to an activating group) is 1. The summed E-state index contributed by atoms with van der Waals surface area (Å²) in [5.41, 5.74) is 0.666. The quantitative estimate of drug-likeness (QED) is 0.868. The molecule has 0 bridgehead atoms. The van der Waals surface area contributed by atoms with Gasteiger partial charge in [-0.1, -0.05) is 12.1 Å². The summed E-state index contributed by atoms with van der Waals surface area (Å²) in [4.78, 5) is 13.8. The summed E-state index contributed by atoms with van der Waals surface area (Å²) in [5.74, 6) is 0.818. The second kappa shape index (κ2) is 6.00. The molecule has 1 aromatic heterocycles. The molecule has 1 rings (SSSR count). The van der Waals surface area contributed by atoms with E-state index in [0.717, 1.165) is 18.0 Å². The van der Waals surface area contributed by atoms with Crippen LogP contribution < -0.4 is 5.32 Å². The number of nitrogens with zero attached hydrogens (tertiary/aromatic N) is 2. The van der Waals surface area contributed by atoms with Crippen molar-refractivity contribution in [1.29, 1.82) is 0 Å². The summed E-state index contributed by atoms with van der Waals surface area (Å²) < 4.78 is 5.16. The number of rotatable bonds is 5. The molecule has 0 unspecified atom stereocenters. The van der Waals surface area contributed by atoms with Gasteiger partial charge in [0.25, 0.3) is 0 Å². The molecule has 0 spiro atoms. The zero-order valence-corrected chi connectivity index (χ0v) is 11.9. The molecule has 0 aliphatic heterocycles. The summed E-state index contributed by atoms with van der Waals surface area (Å²) in [6.07, 6.45) is 0. The van der Waals surface area contributed by atoms with Crippen LogP contribution in [0.15, 0.2) is 10.6 Å². The number of carbonyl (C=O) groups is 1. The van der Waals surface area contributed by atoms with Gasteiger partial charge in [-0.2, -0.15) is 0 Å². The van der Waals surface area contributed by atoms with Crippen LogP contribution in [0.5, 0.6) is 0 Å². The molecule has 0 aliphatic carbocycles. The minimum Gasteiger partial charge on any atom is -0.360 e. The smallest absolute Gasteiger partial charge is 0.234 e. The summed E-state index contributed by atoms with van der Waals surface area (Å²) in [7, 11) is 0. The number of nitrogens with one attached hydrogen (secondary N) is 1. The van der Waals surface area contributed by atoms with Crippen LogP contribution >= 0.6 is 0 Å². The Balaban J connectivity index is 2.49. The molecule has 1 amide bonds. The molecule has 0 atom stereocenters. The van der Waals surface area contributed by atoms with Gasteiger partial charge in [0, 0.05) is 11.6 Å². The van der Waals surface area contributed by atoms with Crippen molar-refractivity contribution in [2.75, 3.05) is 13.1 Å². The molecule has 1 N–H and O–H groups in total. The molecule has 1 aromatic rings. The van der Waals surface area contributed by atoms with Gasteiger partial charge in [0.05, 0.1) is 18.8 Å². The van der Waals surface area contributed by atoms with Gasteiger partial charge in [-0.25, -0.2) is 0 Å². The van der Waals surface area contributed by atoms with Crippen molar-refractivity contribution in [2.24, 2.45) is 0 Å². The Morgan fingerprint density at radius 2 is 2.17 bits per heavy atom. The van der Waals surface area contributed by atoms with E-state index in [0.29, 0.717) is 13.1 Å². The molecule has 0 aliphatic rings. The van der Waals surface area contributed by atoms with Crippen molar-refractivity contribution in [3.63, 3.8) is 0 Å². The van der Waals surface area contributed by atoms with Crippen LogP contribution in [0.25, 0.3) is 0 Å². The topological polar surface area (TPSA) is 58.4 Å². The lowest BCUT2D eigenvalue weighted by Crippen LogP contribution is -2.45. The second-order valence-corrected chi connectivity index (χ2v) is 5.54. The van der Waals surface area contributed by atoms with Gasteiger partial charge in [-0.15, -0.1) is 0 Å². The average molecular weight is 253 g/mol. The largest absolute Gasteiger partial charge is 0.360 e. The first kappa shape index (κ1) is 14.7. The van der Waals surface area contributed by atoms with E-state index in [1.807, 2.05) is 45.6 Å². The monoisotopic (exact) mass is 253 g/mol. The maximum absolute atomic E-state index is 11.8. The molecule has 5 heteroatoms. The highest BCUT2D eigenvalue weighted by Gasteiger charge is 2.17. The van der Waals surface area contributed by atoms with E-state index in [9.17, 15) is 4.79 Å². The van der Waals surface area contributed by atoms with Crippen molar-refractivity contribution in [2.45, 2.75) is 46.7 Å². The van der Waals surface area contributed by atoms with Gasteiger partial charge >= 0.3 is 0 Å².